The van der Waals surface area contributed by atoms with Gasteiger partial charge in [-0.3, -0.25) is 4.79 Å². The second kappa shape index (κ2) is 7.14. The Bertz CT molecular complexity index is 507. The monoisotopic (exact) mass is 310 g/mol. The van der Waals surface area contributed by atoms with Gasteiger partial charge in [-0.15, -0.1) is 11.6 Å². The number of nitrogens with one attached hydrogen (secondary N) is 1. The van der Waals surface area contributed by atoms with Crippen molar-refractivity contribution in [3.05, 3.63) is 23.8 Å². The van der Waals surface area contributed by atoms with Crippen LogP contribution in [0.15, 0.2) is 18.2 Å². The highest BCUT2D eigenvalue weighted by atomic mass is 35.5. The summed E-state index contributed by atoms with van der Waals surface area (Å²) in [6.45, 7) is 5.74. The average molecular weight is 311 g/mol. The number of carbonyl (C=O) groups excluding carboxylic acids is 1. The highest BCUT2D eigenvalue weighted by Gasteiger charge is 2.24. The van der Waals surface area contributed by atoms with Gasteiger partial charge in [-0.1, -0.05) is 19.4 Å². The molecular weight excluding hydrogens is 288 g/mol. The maximum absolute atomic E-state index is 11.7. The lowest BCUT2D eigenvalue weighted by molar-refractivity contribution is -0.122. The Hall–Kier alpha value is -1.26. The SMILES string of the molecule is CCCCN(C)CC(Cl)c1ccc2c(c1)NC(=O)C(C)O2. The van der Waals surface area contributed by atoms with Crippen molar-refractivity contribution < 1.29 is 9.53 Å². The van der Waals surface area contributed by atoms with Crippen LogP contribution in [0, 0.1) is 0 Å². The van der Waals surface area contributed by atoms with Crippen LogP contribution in [0.1, 0.15) is 37.6 Å². The third-order valence-electron chi connectivity index (χ3n) is 3.66. The van der Waals surface area contributed by atoms with Crippen molar-refractivity contribution in [3.8, 4) is 5.75 Å². The lowest BCUT2D eigenvalue weighted by Gasteiger charge is -2.25. The molecule has 1 aromatic rings. The van der Waals surface area contributed by atoms with Crippen LogP contribution in [0.5, 0.6) is 5.75 Å². The molecule has 2 unspecified atom stereocenters. The molecule has 0 saturated heterocycles. The Balaban J connectivity index is 2.04. The van der Waals surface area contributed by atoms with Gasteiger partial charge in [0.25, 0.3) is 5.91 Å². The topological polar surface area (TPSA) is 41.6 Å². The van der Waals surface area contributed by atoms with E-state index in [2.05, 4.69) is 24.2 Å². The molecule has 0 fully saturated rings. The number of halogens is 1. The van der Waals surface area contributed by atoms with E-state index in [1.54, 1.807) is 6.92 Å². The maximum atomic E-state index is 11.7. The van der Waals surface area contributed by atoms with E-state index in [0.717, 1.165) is 18.7 Å². The van der Waals surface area contributed by atoms with Gasteiger partial charge in [0.2, 0.25) is 0 Å². The van der Waals surface area contributed by atoms with Crippen LogP contribution >= 0.6 is 11.6 Å². The minimum atomic E-state index is -0.449. The van der Waals surface area contributed by atoms with Gasteiger partial charge in [0.15, 0.2) is 6.10 Å². The van der Waals surface area contributed by atoms with Gasteiger partial charge in [0.05, 0.1) is 11.1 Å². The largest absolute Gasteiger partial charge is 0.479 e. The Morgan fingerprint density at radius 2 is 2.24 bits per heavy atom. The van der Waals surface area contributed by atoms with Crippen molar-refractivity contribution in [2.24, 2.45) is 0 Å². The standard InChI is InChI=1S/C16H23ClN2O2/c1-4-5-8-19(3)10-13(17)12-6-7-15-14(9-12)18-16(20)11(2)21-15/h6-7,9,11,13H,4-5,8,10H2,1-3H3,(H,18,20). The van der Waals surface area contributed by atoms with Crippen molar-refractivity contribution in [2.45, 2.75) is 38.2 Å². The highest BCUT2D eigenvalue weighted by Crippen LogP contribution is 2.33. The van der Waals surface area contributed by atoms with Gasteiger partial charge < -0.3 is 15.0 Å². The minimum absolute atomic E-state index is 0.103. The molecule has 21 heavy (non-hydrogen) atoms. The van der Waals surface area contributed by atoms with E-state index in [9.17, 15) is 4.79 Å². The van der Waals surface area contributed by atoms with E-state index < -0.39 is 6.10 Å². The number of anilines is 1. The Kier molecular flexibility index (Phi) is 5.48. The zero-order valence-corrected chi connectivity index (χ0v) is 13.6. The van der Waals surface area contributed by atoms with Crippen LogP contribution < -0.4 is 10.1 Å². The fourth-order valence-electron chi connectivity index (χ4n) is 2.32. The number of nitrogens with zero attached hydrogens (tertiary/aromatic N) is 1. The number of hydrogen-bond donors (Lipinski definition) is 1. The van der Waals surface area contributed by atoms with Crippen LogP contribution in [0.25, 0.3) is 0 Å². The van der Waals surface area contributed by atoms with Gasteiger partial charge in [0, 0.05) is 6.54 Å². The molecule has 0 radical (unpaired) electrons. The van der Waals surface area contributed by atoms with E-state index in [-0.39, 0.29) is 11.3 Å². The van der Waals surface area contributed by atoms with Crippen LogP contribution in [-0.4, -0.2) is 37.0 Å². The second-order valence-electron chi connectivity index (χ2n) is 5.59. The molecule has 116 valence electrons. The third kappa shape index (κ3) is 4.11. The normalized spacial score (nSPS) is 18.9. The van der Waals surface area contributed by atoms with Crippen molar-refractivity contribution in [1.29, 1.82) is 0 Å². The molecule has 0 saturated carbocycles. The van der Waals surface area contributed by atoms with Crippen molar-refractivity contribution >= 4 is 23.2 Å². The summed E-state index contributed by atoms with van der Waals surface area (Å²) >= 11 is 6.49. The molecule has 1 heterocycles. The van der Waals surface area contributed by atoms with Gasteiger partial charge in [-0.05, 0) is 44.6 Å². The van der Waals surface area contributed by atoms with E-state index in [1.807, 2.05) is 18.2 Å². The van der Waals surface area contributed by atoms with Crippen LogP contribution in [0.4, 0.5) is 5.69 Å². The summed E-state index contributed by atoms with van der Waals surface area (Å²) in [7, 11) is 2.08. The number of amides is 1. The summed E-state index contributed by atoms with van der Waals surface area (Å²) in [5, 5.41) is 2.75. The number of likely N-dealkylation sites (N-methyl/N-ethyl adjacent to an activating group) is 1. The molecule has 5 heteroatoms. The smallest absolute Gasteiger partial charge is 0.265 e. The first-order valence-electron chi connectivity index (χ1n) is 7.45. The minimum Gasteiger partial charge on any atom is -0.479 e. The summed E-state index contributed by atoms with van der Waals surface area (Å²) in [5.41, 5.74) is 1.70. The number of carbonyl (C=O) groups is 1. The van der Waals surface area contributed by atoms with Gasteiger partial charge >= 0.3 is 0 Å². The number of alkyl halides is 1. The second-order valence-corrected chi connectivity index (χ2v) is 6.12. The molecule has 1 aliphatic rings. The van der Waals surface area contributed by atoms with Gasteiger partial charge in [-0.2, -0.15) is 0 Å². The van der Waals surface area contributed by atoms with Crippen molar-refractivity contribution in [3.63, 3.8) is 0 Å². The predicted molar refractivity (Wildman–Crippen MR) is 86.2 cm³/mol. The molecule has 0 spiro atoms. The van der Waals surface area contributed by atoms with Crippen LogP contribution in [0.2, 0.25) is 0 Å². The molecule has 1 amide bonds. The molecule has 2 atom stereocenters. The lowest BCUT2D eigenvalue weighted by atomic mass is 10.1. The number of unbranched alkanes of at least 4 members (excludes halogenated alkanes) is 1. The van der Waals surface area contributed by atoms with Crippen LogP contribution in [0.3, 0.4) is 0 Å². The van der Waals surface area contributed by atoms with Crippen molar-refractivity contribution in [2.75, 3.05) is 25.5 Å². The summed E-state index contributed by atoms with van der Waals surface area (Å²) in [6.07, 6.45) is 1.90. The highest BCUT2D eigenvalue weighted by molar-refractivity contribution is 6.21. The molecular formula is C16H23ClN2O2. The quantitative estimate of drug-likeness (QED) is 0.819. The first kappa shape index (κ1) is 16.1. The fourth-order valence-corrected chi connectivity index (χ4v) is 2.69. The number of ether oxygens (including phenoxy) is 1. The first-order chi connectivity index (χ1) is 10.0. The number of fused-ring (bicyclic) bond motifs is 1. The Labute approximate surface area is 131 Å². The maximum Gasteiger partial charge on any atom is 0.265 e. The first-order valence-corrected chi connectivity index (χ1v) is 7.89. The van der Waals surface area contributed by atoms with E-state index in [1.165, 1.54) is 12.8 Å². The van der Waals surface area contributed by atoms with Crippen molar-refractivity contribution in [1.82, 2.24) is 4.90 Å². The summed E-state index contributed by atoms with van der Waals surface area (Å²) < 4.78 is 5.55. The summed E-state index contributed by atoms with van der Waals surface area (Å²) in [6, 6.07) is 5.75. The zero-order valence-electron chi connectivity index (χ0n) is 12.9. The molecule has 0 bridgehead atoms. The fraction of sp³-hybridized carbons (Fsp3) is 0.562. The average Bonchev–Trinajstić information content (AvgIpc) is 2.45. The molecule has 2 rings (SSSR count). The Morgan fingerprint density at radius 3 is 2.95 bits per heavy atom. The molecule has 1 aromatic carbocycles. The number of benzene rings is 1. The Morgan fingerprint density at radius 1 is 1.48 bits per heavy atom. The molecule has 0 aromatic heterocycles. The molecule has 1 aliphatic heterocycles. The number of rotatable bonds is 6. The third-order valence-corrected chi connectivity index (χ3v) is 4.05. The summed E-state index contributed by atoms with van der Waals surface area (Å²) in [5.74, 6) is 0.583. The van der Waals surface area contributed by atoms with E-state index in [0.29, 0.717) is 11.4 Å². The van der Waals surface area contributed by atoms with Gasteiger partial charge in [-0.25, -0.2) is 0 Å². The van der Waals surface area contributed by atoms with E-state index >= 15 is 0 Å². The lowest BCUT2D eigenvalue weighted by Crippen LogP contribution is -2.34. The van der Waals surface area contributed by atoms with E-state index in [4.69, 9.17) is 16.3 Å². The molecule has 0 aliphatic carbocycles. The molecule has 1 N–H and O–H groups in total. The van der Waals surface area contributed by atoms with Crippen LogP contribution in [-0.2, 0) is 4.79 Å². The molecule has 4 nitrogen and oxygen atoms in total. The number of hydrogen-bond acceptors (Lipinski definition) is 3. The van der Waals surface area contributed by atoms with Gasteiger partial charge in [0.1, 0.15) is 5.75 Å². The summed E-state index contributed by atoms with van der Waals surface area (Å²) in [4.78, 5) is 13.9. The zero-order chi connectivity index (χ0) is 15.4. The predicted octanol–water partition coefficient (Wildman–Crippen LogP) is 3.42.